The number of ether oxygens (including phenoxy) is 1. The zero-order valence-electron chi connectivity index (χ0n) is 11.4. The van der Waals surface area contributed by atoms with Crippen LogP contribution in [0.15, 0.2) is 29.2 Å². The molecule has 0 aliphatic heterocycles. The summed E-state index contributed by atoms with van der Waals surface area (Å²) in [6, 6.07) is 6.31. The van der Waals surface area contributed by atoms with Crippen LogP contribution in [0.4, 0.5) is 0 Å². The van der Waals surface area contributed by atoms with Crippen molar-refractivity contribution in [2.75, 3.05) is 19.8 Å². The monoisotopic (exact) mass is 299 g/mol. The molecule has 1 fully saturated rings. The van der Waals surface area contributed by atoms with E-state index in [1.165, 1.54) is 25.0 Å². The van der Waals surface area contributed by atoms with Gasteiger partial charge in [0.05, 0.1) is 11.5 Å². The van der Waals surface area contributed by atoms with Crippen LogP contribution in [0, 0.1) is 5.92 Å². The first-order valence-corrected chi connectivity index (χ1v) is 8.37. The van der Waals surface area contributed by atoms with E-state index < -0.39 is 10.0 Å². The van der Waals surface area contributed by atoms with E-state index in [1.807, 2.05) is 0 Å². The van der Waals surface area contributed by atoms with Crippen molar-refractivity contribution < 1.29 is 18.3 Å². The molecule has 5 nitrogen and oxygen atoms in total. The molecule has 0 heterocycles. The van der Waals surface area contributed by atoms with Gasteiger partial charge in [0.1, 0.15) is 0 Å². The second kappa shape index (κ2) is 7.17. The van der Waals surface area contributed by atoms with Crippen LogP contribution < -0.4 is 4.72 Å². The Labute approximate surface area is 120 Å². The van der Waals surface area contributed by atoms with Gasteiger partial charge in [0.15, 0.2) is 0 Å². The summed E-state index contributed by atoms with van der Waals surface area (Å²) in [6.45, 7) is 1.57. The molecule has 1 saturated carbocycles. The first-order valence-electron chi connectivity index (χ1n) is 6.89. The van der Waals surface area contributed by atoms with Crippen LogP contribution in [0.1, 0.15) is 24.8 Å². The molecule has 1 aromatic rings. The maximum atomic E-state index is 12.0. The predicted molar refractivity (Wildman–Crippen MR) is 75.7 cm³/mol. The number of aliphatic hydroxyl groups is 1. The summed E-state index contributed by atoms with van der Waals surface area (Å²) in [4.78, 5) is 0.183. The molecule has 0 amide bonds. The molecule has 0 unspecified atom stereocenters. The van der Waals surface area contributed by atoms with Gasteiger partial charge in [0.2, 0.25) is 10.0 Å². The summed E-state index contributed by atoms with van der Waals surface area (Å²) >= 11 is 0. The lowest BCUT2D eigenvalue weighted by Gasteiger charge is -2.08. The Morgan fingerprint density at radius 1 is 1.35 bits per heavy atom. The summed E-state index contributed by atoms with van der Waals surface area (Å²) in [6.07, 6.45) is 3.17. The zero-order chi connectivity index (χ0) is 14.4. The average Bonchev–Trinajstić information content (AvgIpc) is 3.27. The molecule has 1 aliphatic rings. The van der Waals surface area contributed by atoms with Crippen molar-refractivity contribution in [2.45, 2.75) is 30.8 Å². The second-order valence-electron chi connectivity index (χ2n) is 5.08. The van der Waals surface area contributed by atoms with E-state index in [4.69, 9.17) is 9.84 Å². The van der Waals surface area contributed by atoms with E-state index >= 15 is 0 Å². The fourth-order valence-corrected chi connectivity index (χ4v) is 2.95. The highest BCUT2D eigenvalue weighted by Gasteiger charge is 2.21. The van der Waals surface area contributed by atoms with Crippen LogP contribution in [0.25, 0.3) is 0 Å². The Morgan fingerprint density at radius 2 is 2.15 bits per heavy atom. The van der Waals surface area contributed by atoms with Crippen LogP contribution in [0.5, 0.6) is 0 Å². The molecule has 6 heteroatoms. The molecule has 20 heavy (non-hydrogen) atoms. The number of benzene rings is 1. The molecule has 0 bridgehead atoms. The fraction of sp³-hybridized carbons (Fsp3) is 0.571. The quantitative estimate of drug-likeness (QED) is 0.673. The van der Waals surface area contributed by atoms with E-state index in [9.17, 15) is 8.42 Å². The van der Waals surface area contributed by atoms with Gasteiger partial charge in [-0.15, -0.1) is 0 Å². The summed E-state index contributed by atoms with van der Waals surface area (Å²) in [5, 5.41) is 9.02. The highest BCUT2D eigenvalue weighted by Crippen LogP contribution is 2.28. The van der Waals surface area contributed by atoms with Crippen LogP contribution in [-0.4, -0.2) is 33.3 Å². The summed E-state index contributed by atoms with van der Waals surface area (Å²) in [5.41, 5.74) is 0.584. The van der Waals surface area contributed by atoms with Gasteiger partial charge in [-0.25, -0.2) is 13.1 Å². The lowest BCUT2D eigenvalue weighted by atomic mass is 10.2. The molecule has 1 aromatic carbocycles. The van der Waals surface area contributed by atoms with Crippen LogP contribution in [-0.2, 0) is 21.4 Å². The van der Waals surface area contributed by atoms with E-state index in [0.717, 1.165) is 12.5 Å². The summed E-state index contributed by atoms with van der Waals surface area (Å²) < 4.78 is 32.0. The third kappa shape index (κ3) is 4.86. The van der Waals surface area contributed by atoms with Gasteiger partial charge >= 0.3 is 0 Å². The van der Waals surface area contributed by atoms with E-state index in [2.05, 4.69) is 4.72 Å². The number of hydrogen-bond acceptors (Lipinski definition) is 4. The van der Waals surface area contributed by atoms with Gasteiger partial charge in [-0.05, 0) is 42.9 Å². The predicted octanol–water partition coefficient (Wildman–Crippen LogP) is 1.27. The topological polar surface area (TPSA) is 75.6 Å². The van der Waals surface area contributed by atoms with Gasteiger partial charge in [0, 0.05) is 19.8 Å². The average molecular weight is 299 g/mol. The Kier molecular flexibility index (Phi) is 5.54. The fourth-order valence-electron chi connectivity index (χ4n) is 1.81. The van der Waals surface area contributed by atoms with E-state index in [0.29, 0.717) is 25.1 Å². The van der Waals surface area contributed by atoms with Crippen LogP contribution in [0.2, 0.25) is 0 Å². The minimum atomic E-state index is -3.50. The highest BCUT2D eigenvalue weighted by atomic mass is 32.2. The Bertz CT molecular complexity index is 526. The Morgan fingerprint density at radius 3 is 2.85 bits per heavy atom. The number of nitrogens with one attached hydrogen (secondary N) is 1. The molecule has 1 aliphatic carbocycles. The van der Waals surface area contributed by atoms with Crippen molar-refractivity contribution in [3.63, 3.8) is 0 Å². The van der Waals surface area contributed by atoms with Crippen LogP contribution in [0.3, 0.4) is 0 Å². The SMILES string of the molecule is O=S(=O)(NCCCOCC1CC1)c1cccc(CO)c1. The van der Waals surface area contributed by atoms with Crippen molar-refractivity contribution in [2.24, 2.45) is 5.92 Å². The number of sulfonamides is 1. The van der Waals surface area contributed by atoms with Gasteiger partial charge in [0.25, 0.3) is 0 Å². The highest BCUT2D eigenvalue weighted by molar-refractivity contribution is 7.89. The van der Waals surface area contributed by atoms with Gasteiger partial charge < -0.3 is 9.84 Å². The lowest BCUT2D eigenvalue weighted by Crippen LogP contribution is -2.25. The molecule has 0 atom stereocenters. The smallest absolute Gasteiger partial charge is 0.240 e. The molecule has 2 N–H and O–H groups in total. The van der Waals surface area contributed by atoms with Crippen molar-refractivity contribution >= 4 is 10.0 Å². The number of aliphatic hydroxyl groups excluding tert-OH is 1. The maximum Gasteiger partial charge on any atom is 0.240 e. The molecule has 0 radical (unpaired) electrons. The third-order valence-electron chi connectivity index (χ3n) is 3.20. The molecule has 0 aromatic heterocycles. The molecular weight excluding hydrogens is 278 g/mol. The van der Waals surface area contributed by atoms with Crippen molar-refractivity contribution in [3.8, 4) is 0 Å². The second-order valence-corrected chi connectivity index (χ2v) is 6.84. The van der Waals surface area contributed by atoms with Crippen molar-refractivity contribution in [1.82, 2.24) is 4.72 Å². The molecule has 2 rings (SSSR count). The first kappa shape index (κ1) is 15.4. The van der Waals surface area contributed by atoms with E-state index in [1.54, 1.807) is 12.1 Å². The van der Waals surface area contributed by atoms with Crippen molar-refractivity contribution in [3.05, 3.63) is 29.8 Å². The zero-order valence-corrected chi connectivity index (χ0v) is 12.2. The van der Waals surface area contributed by atoms with Gasteiger partial charge in [-0.2, -0.15) is 0 Å². The Hall–Kier alpha value is -0.950. The molecule has 0 spiro atoms. The van der Waals surface area contributed by atoms with Crippen LogP contribution >= 0.6 is 0 Å². The number of hydrogen-bond donors (Lipinski definition) is 2. The standard InChI is InChI=1S/C14H21NO4S/c16-10-13-3-1-4-14(9-13)20(17,18)15-7-2-8-19-11-12-5-6-12/h1,3-4,9,12,15-16H,2,5-8,10-11H2. The molecule has 0 saturated heterocycles. The minimum absolute atomic E-state index is 0.168. The normalized spacial score (nSPS) is 15.4. The largest absolute Gasteiger partial charge is 0.392 e. The minimum Gasteiger partial charge on any atom is -0.392 e. The first-order chi connectivity index (χ1) is 9.62. The van der Waals surface area contributed by atoms with Gasteiger partial charge in [-0.1, -0.05) is 12.1 Å². The number of rotatable bonds is 9. The molecule has 112 valence electrons. The summed E-state index contributed by atoms with van der Waals surface area (Å²) in [5.74, 6) is 0.730. The van der Waals surface area contributed by atoms with Crippen molar-refractivity contribution in [1.29, 1.82) is 0 Å². The molecular formula is C14H21NO4S. The van der Waals surface area contributed by atoms with E-state index in [-0.39, 0.29) is 11.5 Å². The summed E-state index contributed by atoms with van der Waals surface area (Å²) in [7, 11) is -3.50. The lowest BCUT2D eigenvalue weighted by molar-refractivity contribution is 0.123. The third-order valence-corrected chi connectivity index (χ3v) is 4.66. The maximum absolute atomic E-state index is 12.0. The van der Waals surface area contributed by atoms with Gasteiger partial charge in [-0.3, -0.25) is 0 Å². The Balaban J connectivity index is 1.74.